The van der Waals surface area contributed by atoms with Gasteiger partial charge in [-0.15, -0.1) is 0 Å². The quantitative estimate of drug-likeness (QED) is 0.674. The number of anilines is 1. The highest BCUT2D eigenvalue weighted by Crippen LogP contribution is 2.28. The van der Waals surface area contributed by atoms with Crippen molar-refractivity contribution in [3.05, 3.63) is 64.7 Å². The third-order valence-corrected chi connectivity index (χ3v) is 5.21. The van der Waals surface area contributed by atoms with E-state index in [1.165, 1.54) is 4.90 Å². The van der Waals surface area contributed by atoms with E-state index >= 15 is 0 Å². The maximum atomic E-state index is 12.9. The molecule has 2 heterocycles. The molecular weight excluding hydrogens is 372 g/mol. The molecule has 0 bridgehead atoms. The number of fused-ring (bicyclic) bond motifs is 1. The van der Waals surface area contributed by atoms with Gasteiger partial charge in [-0.1, -0.05) is 18.2 Å². The number of rotatable bonds is 4. The zero-order valence-electron chi connectivity index (χ0n) is 15.6. The summed E-state index contributed by atoms with van der Waals surface area (Å²) in [5, 5.41) is 5.08. The number of hydrogen-bond acceptors (Lipinski definition) is 5. The molecule has 0 saturated carbocycles. The highest BCUT2D eigenvalue weighted by molar-refractivity contribution is 6.08. The normalized spacial score (nSPS) is 18.4. The van der Waals surface area contributed by atoms with Gasteiger partial charge in [-0.2, -0.15) is 0 Å². The minimum absolute atomic E-state index is 0.200. The summed E-state index contributed by atoms with van der Waals surface area (Å²) in [6, 6.07) is 11.5. The summed E-state index contributed by atoms with van der Waals surface area (Å²) in [7, 11) is 0. The van der Waals surface area contributed by atoms with Crippen molar-refractivity contribution in [2.75, 3.05) is 5.32 Å². The van der Waals surface area contributed by atoms with Crippen molar-refractivity contribution in [2.45, 2.75) is 32.0 Å². The molecule has 0 radical (unpaired) electrons. The first-order valence-electron chi connectivity index (χ1n) is 9.34. The molecule has 0 aliphatic carbocycles. The number of carbonyl (C=O) groups excluding carboxylic acids is 4. The lowest BCUT2D eigenvalue weighted by Gasteiger charge is -2.29. The summed E-state index contributed by atoms with van der Waals surface area (Å²) in [6.07, 6.45) is 0.501. The second-order valence-corrected chi connectivity index (χ2v) is 7.13. The van der Waals surface area contributed by atoms with Gasteiger partial charge in [0.1, 0.15) is 6.04 Å². The molecule has 8 nitrogen and oxygen atoms in total. The first-order valence-corrected chi connectivity index (χ1v) is 9.34. The SMILES string of the molecule is NCc1cccc(NC(=O)c2ccc3c(c2)C(=O)N(C2CCC(=O)NC2=O)C3)c1. The van der Waals surface area contributed by atoms with Gasteiger partial charge in [0.15, 0.2) is 0 Å². The molecule has 29 heavy (non-hydrogen) atoms. The molecule has 148 valence electrons. The molecule has 2 aromatic rings. The zero-order chi connectivity index (χ0) is 20.5. The third kappa shape index (κ3) is 3.62. The van der Waals surface area contributed by atoms with E-state index in [9.17, 15) is 19.2 Å². The minimum Gasteiger partial charge on any atom is -0.326 e. The van der Waals surface area contributed by atoms with Crippen LogP contribution < -0.4 is 16.4 Å². The highest BCUT2D eigenvalue weighted by atomic mass is 16.2. The number of amides is 4. The molecule has 8 heteroatoms. The van der Waals surface area contributed by atoms with Crippen molar-refractivity contribution in [2.24, 2.45) is 5.73 Å². The van der Waals surface area contributed by atoms with Gasteiger partial charge in [0.2, 0.25) is 11.8 Å². The fourth-order valence-corrected chi connectivity index (χ4v) is 3.68. The first kappa shape index (κ1) is 18.8. The van der Waals surface area contributed by atoms with Gasteiger partial charge in [0.25, 0.3) is 11.8 Å². The molecule has 4 rings (SSSR count). The summed E-state index contributed by atoms with van der Waals surface area (Å²) >= 11 is 0. The second kappa shape index (κ2) is 7.48. The van der Waals surface area contributed by atoms with Gasteiger partial charge >= 0.3 is 0 Å². The van der Waals surface area contributed by atoms with Crippen LogP contribution in [0, 0.1) is 0 Å². The van der Waals surface area contributed by atoms with Gasteiger partial charge in [0, 0.05) is 36.3 Å². The number of piperidine rings is 1. The van der Waals surface area contributed by atoms with Crippen LogP contribution in [-0.2, 0) is 22.7 Å². The Kier molecular flexibility index (Phi) is 4.85. The number of nitrogens with one attached hydrogen (secondary N) is 2. The Balaban J connectivity index is 1.52. The third-order valence-electron chi connectivity index (χ3n) is 5.21. The smallest absolute Gasteiger partial charge is 0.255 e. The van der Waals surface area contributed by atoms with E-state index in [0.717, 1.165) is 11.1 Å². The summed E-state index contributed by atoms with van der Waals surface area (Å²) in [6.45, 7) is 0.647. The standard InChI is InChI=1S/C21H20N4O4/c22-10-12-2-1-3-15(8-12)23-19(27)13-4-5-14-11-25(21(29)16(14)9-13)17-6-7-18(26)24-20(17)28/h1-5,8-9,17H,6-7,10-11,22H2,(H,23,27)(H,24,26,28). The summed E-state index contributed by atoms with van der Waals surface area (Å²) in [5.74, 6) is -1.43. The molecule has 0 spiro atoms. The monoisotopic (exact) mass is 392 g/mol. The molecule has 2 aliphatic heterocycles. The van der Waals surface area contributed by atoms with Crippen molar-refractivity contribution >= 4 is 29.3 Å². The molecule has 1 saturated heterocycles. The summed E-state index contributed by atoms with van der Waals surface area (Å²) < 4.78 is 0. The second-order valence-electron chi connectivity index (χ2n) is 7.13. The van der Waals surface area contributed by atoms with Gasteiger partial charge in [-0.3, -0.25) is 24.5 Å². The van der Waals surface area contributed by atoms with E-state index < -0.39 is 11.9 Å². The maximum absolute atomic E-state index is 12.9. The van der Waals surface area contributed by atoms with Crippen LogP contribution in [0.5, 0.6) is 0 Å². The molecule has 2 aromatic carbocycles. The topological polar surface area (TPSA) is 122 Å². The first-order chi connectivity index (χ1) is 14.0. The Morgan fingerprint density at radius 1 is 1.17 bits per heavy atom. The fourth-order valence-electron chi connectivity index (χ4n) is 3.68. The van der Waals surface area contributed by atoms with Crippen LogP contribution in [0.1, 0.15) is 44.7 Å². The highest BCUT2D eigenvalue weighted by Gasteiger charge is 2.39. The van der Waals surface area contributed by atoms with Crippen molar-refractivity contribution < 1.29 is 19.2 Å². The van der Waals surface area contributed by atoms with Gasteiger partial charge in [-0.05, 0) is 41.8 Å². The van der Waals surface area contributed by atoms with Gasteiger partial charge in [0.05, 0.1) is 0 Å². The van der Waals surface area contributed by atoms with Crippen LogP contribution in [0.2, 0.25) is 0 Å². The minimum atomic E-state index is -0.677. The van der Waals surface area contributed by atoms with Gasteiger partial charge < -0.3 is 16.0 Å². The van der Waals surface area contributed by atoms with E-state index in [2.05, 4.69) is 10.6 Å². The van der Waals surface area contributed by atoms with E-state index in [4.69, 9.17) is 5.73 Å². The van der Waals surface area contributed by atoms with Crippen LogP contribution >= 0.6 is 0 Å². The number of nitrogens with zero attached hydrogens (tertiary/aromatic N) is 1. The van der Waals surface area contributed by atoms with Crippen LogP contribution in [0.25, 0.3) is 0 Å². The molecule has 1 fully saturated rings. The van der Waals surface area contributed by atoms with Gasteiger partial charge in [-0.25, -0.2) is 0 Å². The molecule has 1 atom stereocenters. The van der Waals surface area contributed by atoms with E-state index in [1.54, 1.807) is 30.3 Å². The number of nitrogens with two attached hydrogens (primary N) is 1. The fraction of sp³-hybridized carbons (Fsp3) is 0.238. The van der Waals surface area contributed by atoms with Crippen molar-refractivity contribution in [3.8, 4) is 0 Å². The molecule has 2 aliphatic rings. The van der Waals surface area contributed by atoms with Crippen molar-refractivity contribution in [1.29, 1.82) is 0 Å². The van der Waals surface area contributed by atoms with Crippen LogP contribution in [0.15, 0.2) is 42.5 Å². The Labute approximate surface area is 167 Å². The lowest BCUT2D eigenvalue weighted by atomic mass is 10.0. The maximum Gasteiger partial charge on any atom is 0.255 e. The average molecular weight is 392 g/mol. The Morgan fingerprint density at radius 2 is 2.00 bits per heavy atom. The number of imide groups is 1. The number of benzene rings is 2. The van der Waals surface area contributed by atoms with Crippen LogP contribution in [0.3, 0.4) is 0 Å². The largest absolute Gasteiger partial charge is 0.326 e. The predicted octanol–water partition coefficient (Wildman–Crippen LogP) is 1.16. The van der Waals surface area contributed by atoms with Crippen molar-refractivity contribution in [1.82, 2.24) is 10.2 Å². The van der Waals surface area contributed by atoms with E-state index in [-0.39, 0.29) is 30.7 Å². The van der Waals surface area contributed by atoms with Crippen LogP contribution in [-0.4, -0.2) is 34.6 Å². The Bertz CT molecular complexity index is 1030. The Hall–Kier alpha value is -3.52. The molecule has 4 N–H and O–H groups in total. The summed E-state index contributed by atoms with van der Waals surface area (Å²) in [5.41, 5.74) is 8.64. The average Bonchev–Trinajstić information content (AvgIpc) is 3.04. The van der Waals surface area contributed by atoms with E-state index in [0.29, 0.717) is 29.8 Å². The molecule has 1 unspecified atom stereocenters. The van der Waals surface area contributed by atoms with Crippen LogP contribution in [0.4, 0.5) is 5.69 Å². The molecular formula is C21H20N4O4. The number of carbonyl (C=O) groups is 4. The van der Waals surface area contributed by atoms with E-state index in [1.807, 2.05) is 12.1 Å². The summed E-state index contributed by atoms with van der Waals surface area (Å²) in [4.78, 5) is 50.4. The lowest BCUT2D eigenvalue weighted by molar-refractivity contribution is -0.136. The zero-order valence-corrected chi connectivity index (χ0v) is 15.6. The molecule has 0 aromatic heterocycles. The van der Waals surface area contributed by atoms with Crippen molar-refractivity contribution in [3.63, 3.8) is 0 Å². The number of hydrogen-bond donors (Lipinski definition) is 3. The predicted molar refractivity (Wildman–Crippen MR) is 105 cm³/mol. The molecule has 4 amide bonds. The Morgan fingerprint density at radius 3 is 2.76 bits per heavy atom. The lowest BCUT2D eigenvalue weighted by Crippen LogP contribution is -2.52.